The summed E-state index contributed by atoms with van der Waals surface area (Å²) >= 11 is 0. The maximum Gasteiger partial charge on any atom is 0.308 e. The highest BCUT2D eigenvalue weighted by Crippen LogP contribution is 2.35. The molecule has 4 rings (SSSR count). The minimum absolute atomic E-state index is 0.0478. The van der Waals surface area contributed by atoms with Crippen LogP contribution >= 0.6 is 0 Å². The maximum absolute atomic E-state index is 13.0. The van der Waals surface area contributed by atoms with Gasteiger partial charge in [0.15, 0.2) is 0 Å². The number of hydrogen-bond acceptors (Lipinski definition) is 5. The Labute approximate surface area is 185 Å². The zero-order valence-electron chi connectivity index (χ0n) is 17.1. The Bertz CT molecular complexity index is 1290. The van der Waals surface area contributed by atoms with Gasteiger partial charge in [0.1, 0.15) is 5.75 Å². The number of nitrogens with one attached hydrogen (secondary N) is 1. The van der Waals surface area contributed by atoms with E-state index in [0.29, 0.717) is 30.2 Å². The van der Waals surface area contributed by atoms with E-state index >= 15 is 0 Å². The zero-order valence-corrected chi connectivity index (χ0v) is 17.9. The molecular weight excluding hydrogens is 432 g/mol. The molecule has 0 bridgehead atoms. The van der Waals surface area contributed by atoms with Gasteiger partial charge in [-0.1, -0.05) is 36.4 Å². The van der Waals surface area contributed by atoms with Gasteiger partial charge in [0, 0.05) is 23.9 Å². The minimum Gasteiger partial charge on any atom is -0.506 e. The van der Waals surface area contributed by atoms with E-state index < -0.39 is 27.8 Å². The summed E-state index contributed by atoms with van der Waals surface area (Å²) in [5.74, 6) is -2.30. The summed E-state index contributed by atoms with van der Waals surface area (Å²) in [6.07, 6.45) is 1.08. The second-order valence-electron chi connectivity index (χ2n) is 7.71. The number of carbonyl (C=O) groups excluding carboxylic acids is 1. The third-order valence-corrected chi connectivity index (χ3v) is 7.00. The fraction of sp³-hybridized carbons (Fsp3) is 0.217. The number of hydrogen-bond donors (Lipinski definition) is 3. The number of rotatable bonds is 5. The van der Waals surface area contributed by atoms with Gasteiger partial charge in [-0.15, -0.1) is 0 Å². The van der Waals surface area contributed by atoms with Gasteiger partial charge in [0.25, 0.3) is 15.9 Å². The van der Waals surface area contributed by atoms with Gasteiger partial charge in [-0.3, -0.25) is 14.3 Å². The summed E-state index contributed by atoms with van der Waals surface area (Å²) in [6, 6.07) is 15.7. The van der Waals surface area contributed by atoms with Crippen molar-refractivity contribution in [2.24, 2.45) is 5.92 Å². The van der Waals surface area contributed by atoms with Gasteiger partial charge in [-0.25, -0.2) is 8.42 Å². The number of sulfonamides is 1. The van der Waals surface area contributed by atoms with E-state index in [1.54, 1.807) is 42.5 Å². The number of fused-ring (bicyclic) bond motifs is 1. The number of carbonyl (C=O) groups is 2. The molecule has 8 nitrogen and oxygen atoms in total. The Balaban J connectivity index is 1.67. The molecule has 0 spiro atoms. The molecule has 32 heavy (non-hydrogen) atoms. The quantitative estimate of drug-likeness (QED) is 0.544. The molecule has 166 valence electrons. The number of carboxylic acids is 1. The van der Waals surface area contributed by atoms with Crippen molar-refractivity contribution in [2.45, 2.75) is 17.7 Å². The van der Waals surface area contributed by atoms with Crippen molar-refractivity contribution >= 4 is 38.4 Å². The largest absolute Gasteiger partial charge is 0.506 e. The SMILES string of the molecule is O=C(O)C1CCCN(C(=O)c2ccc3c(NS(=O)(=O)c4ccccc4)cccc3c2O)C1. The lowest BCUT2D eigenvalue weighted by Crippen LogP contribution is -2.42. The van der Waals surface area contributed by atoms with Crippen LogP contribution in [-0.2, 0) is 14.8 Å². The molecule has 3 N–H and O–H groups in total. The molecule has 0 aromatic heterocycles. The summed E-state index contributed by atoms with van der Waals surface area (Å²) in [5.41, 5.74) is 0.316. The minimum atomic E-state index is -3.84. The van der Waals surface area contributed by atoms with E-state index in [1.807, 2.05) is 0 Å². The number of phenols is 1. The van der Waals surface area contributed by atoms with E-state index in [-0.39, 0.29) is 28.4 Å². The fourth-order valence-corrected chi connectivity index (χ4v) is 5.04. The van der Waals surface area contributed by atoms with Gasteiger partial charge in [-0.05, 0) is 37.1 Å². The molecule has 9 heteroatoms. The molecule has 1 atom stereocenters. The molecule has 3 aromatic carbocycles. The number of phenolic OH excluding ortho intramolecular Hbond substituents is 1. The predicted molar refractivity (Wildman–Crippen MR) is 119 cm³/mol. The number of anilines is 1. The van der Waals surface area contributed by atoms with Crippen molar-refractivity contribution in [3.05, 3.63) is 66.2 Å². The van der Waals surface area contributed by atoms with Crippen LogP contribution in [0.5, 0.6) is 5.75 Å². The number of benzene rings is 3. The summed E-state index contributed by atoms with van der Waals surface area (Å²) in [7, 11) is -3.84. The second kappa shape index (κ2) is 8.51. The van der Waals surface area contributed by atoms with Crippen LogP contribution in [0.25, 0.3) is 10.8 Å². The lowest BCUT2D eigenvalue weighted by molar-refractivity contribution is -0.143. The maximum atomic E-state index is 13.0. The number of aromatic hydroxyl groups is 1. The highest BCUT2D eigenvalue weighted by molar-refractivity contribution is 7.92. The first kappa shape index (κ1) is 21.6. The van der Waals surface area contributed by atoms with Crippen molar-refractivity contribution < 1.29 is 28.2 Å². The predicted octanol–water partition coefficient (Wildman–Crippen LogP) is 3.28. The van der Waals surface area contributed by atoms with E-state index in [9.17, 15) is 28.2 Å². The average molecular weight is 455 g/mol. The van der Waals surface area contributed by atoms with Crippen LogP contribution in [0.3, 0.4) is 0 Å². The number of likely N-dealkylation sites (tertiary alicyclic amines) is 1. The zero-order chi connectivity index (χ0) is 22.9. The summed E-state index contributed by atoms with van der Waals surface area (Å²) in [4.78, 5) is 25.8. The normalized spacial score (nSPS) is 16.6. The molecule has 1 heterocycles. The van der Waals surface area contributed by atoms with Crippen LogP contribution in [0.2, 0.25) is 0 Å². The number of carboxylic acid groups (broad SMARTS) is 1. The smallest absolute Gasteiger partial charge is 0.308 e. The standard InChI is InChI=1S/C23H22N2O6S/c26-21-18-9-4-10-20(24-32(30,31)16-7-2-1-3-8-16)17(18)11-12-19(21)22(27)25-13-5-6-15(14-25)23(28)29/h1-4,7-12,15,24,26H,5-6,13-14H2,(H,28,29). The highest BCUT2D eigenvalue weighted by Gasteiger charge is 2.30. The van der Waals surface area contributed by atoms with E-state index in [1.165, 1.54) is 23.1 Å². The Kier molecular flexibility index (Phi) is 5.75. The number of aliphatic carboxylic acids is 1. The molecule has 1 aliphatic rings. The monoisotopic (exact) mass is 454 g/mol. The third kappa shape index (κ3) is 4.11. The van der Waals surface area contributed by atoms with Gasteiger partial charge >= 0.3 is 5.97 Å². The van der Waals surface area contributed by atoms with Crippen molar-refractivity contribution in [2.75, 3.05) is 17.8 Å². The first-order chi connectivity index (χ1) is 15.3. The summed E-state index contributed by atoms with van der Waals surface area (Å²) in [5, 5.41) is 20.8. The van der Waals surface area contributed by atoms with E-state index in [2.05, 4.69) is 4.72 Å². The first-order valence-electron chi connectivity index (χ1n) is 10.1. The summed E-state index contributed by atoms with van der Waals surface area (Å²) in [6.45, 7) is 0.500. The van der Waals surface area contributed by atoms with Crippen molar-refractivity contribution in [3.63, 3.8) is 0 Å². The number of amides is 1. The molecule has 3 aromatic rings. The van der Waals surface area contributed by atoms with Gasteiger partial charge in [0.05, 0.1) is 22.1 Å². The Morgan fingerprint density at radius 1 is 0.969 bits per heavy atom. The molecule has 1 aliphatic heterocycles. The fourth-order valence-electron chi connectivity index (χ4n) is 3.94. The van der Waals surface area contributed by atoms with Gasteiger partial charge in [-0.2, -0.15) is 0 Å². The molecule has 1 unspecified atom stereocenters. The Hall–Kier alpha value is -3.59. The lowest BCUT2D eigenvalue weighted by Gasteiger charge is -2.31. The number of nitrogens with zero attached hydrogens (tertiary/aromatic N) is 1. The average Bonchev–Trinajstić information content (AvgIpc) is 2.80. The van der Waals surface area contributed by atoms with Gasteiger partial charge in [0.2, 0.25) is 0 Å². The highest BCUT2D eigenvalue weighted by atomic mass is 32.2. The topological polar surface area (TPSA) is 124 Å². The second-order valence-corrected chi connectivity index (χ2v) is 9.39. The van der Waals surface area contributed by atoms with Crippen LogP contribution in [0.15, 0.2) is 65.6 Å². The van der Waals surface area contributed by atoms with Crippen LogP contribution < -0.4 is 4.72 Å². The molecule has 1 amide bonds. The molecule has 1 fully saturated rings. The van der Waals surface area contributed by atoms with Crippen LogP contribution in [0.4, 0.5) is 5.69 Å². The van der Waals surface area contributed by atoms with Crippen molar-refractivity contribution in [1.29, 1.82) is 0 Å². The lowest BCUT2D eigenvalue weighted by atomic mass is 9.97. The third-order valence-electron chi connectivity index (χ3n) is 5.62. The Morgan fingerprint density at radius 3 is 2.44 bits per heavy atom. The Morgan fingerprint density at radius 2 is 1.72 bits per heavy atom. The molecule has 1 saturated heterocycles. The number of piperidine rings is 1. The van der Waals surface area contributed by atoms with Crippen LogP contribution in [0, 0.1) is 5.92 Å². The van der Waals surface area contributed by atoms with Crippen LogP contribution in [-0.4, -0.2) is 48.5 Å². The molecular formula is C23H22N2O6S. The van der Waals surface area contributed by atoms with Crippen molar-refractivity contribution in [1.82, 2.24) is 4.90 Å². The van der Waals surface area contributed by atoms with E-state index in [0.717, 1.165) is 0 Å². The summed E-state index contributed by atoms with van der Waals surface area (Å²) < 4.78 is 28.0. The molecule has 0 saturated carbocycles. The van der Waals surface area contributed by atoms with Gasteiger partial charge < -0.3 is 15.1 Å². The van der Waals surface area contributed by atoms with E-state index in [4.69, 9.17) is 0 Å². The molecule has 0 radical (unpaired) electrons. The van der Waals surface area contributed by atoms with Crippen molar-refractivity contribution in [3.8, 4) is 5.75 Å². The first-order valence-corrected chi connectivity index (χ1v) is 11.6. The van der Waals surface area contributed by atoms with Crippen LogP contribution in [0.1, 0.15) is 23.2 Å². The molecule has 0 aliphatic carbocycles.